The number of carbonyl (C=O) groups excluding carboxylic acids is 1. The lowest BCUT2D eigenvalue weighted by molar-refractivity contribution is -0.137. The molecule has 0 bridgehead atoms. The zero-order chi connectivity index (χ0) is 22.9. The number of rotatable bonds is 3. The average Bonchev–Trinajstić information content (AvgIpc) is 2.97. The number of halogens is 4. The van der Waals surface area contributed by atoms with Gasteiger partial charge in [0.15, 0.2) is 5.17 Å². The third kappa shape index (κ3) is 4.46. The first kappa shape index (κ1) is 22.6. The molecule has 0 radical (unpaired) electrons. The molecule has 4 rings (SSSR count). The molecule has 32 heavy (non-hydrogen) atoms. The van der Waals surface area contributed by atoms with E-state index in [0.717, 1.165) is 43.6 Å². The molecule has 1 aliphatic heterocycles. The molecular weight excluding hydrogens is 444 g/mol. The number of amidine groups is 1. The van der Waals surface area contributed by atoms with Crippen molar-refractivity contribution in [2.45, 2.75) is 43.8 Å². The van der Waals surface area contributed by atoms with Gasteiger partial charge in [-0.05, 0) is 49.1 Å². The Morgan fingerprint density at radius 1 is 1.19 bits per heavy atom. The van der Waals surface area contributed by atoms with Crippen molar-refractivity contribution < 1.29 is 22.4 Å². The number of amides is 1. The van der Waals surface area contributed by atoms with Crippen LogP contribution in [0.15, 0.2) is 41.5 Å². The molecule has 1 aromatic carbocycles. The number of nitrogens with zero attached hydrogens (tertiary/aromatic N) is 2. The number of alkyl halides is 3. The number of fused-ring (bicyclic) bond motifs is 1. The van der Waals surface area contributed by atoms with Crippen LogP contribution in [0.25, 0.3) is 0 Å². The molecule has 3 N–H and O–H groups in total. The smallest absolute Gasteiger partial charge is 0.379 e. The molecule has 1 fully saturated rings. The van der Waals surface area contributed by atoms with E-state index in [1.807, 2.05) is 0 Å². The highest BCUT2D eigenvalue weighted by atomic mass is 32.2. The summed E-state index contributed by atoms with van der Waals surface area (Å²) in [6.07, 6.45) is 0.614. The second kappa shape index (κ2) is 8.73. The number of nitrogens with one attached hydrogen (secondary N) is 1. The van der Waals surface area contributed by atoms with Crippen LogP contribution in [0.2, 0.25) is 0 Å². The van der Waals surface area contributed by atoms with E-state index in [4.69, 9.17) is 10.7 Å². The molecule has 1 saturated carbocycles. The normalized spacial score (nSPS) is 23.6. The zero-order valence-corrected chi connectivity index (χ0v) is 17.9. The van der Waals surface area contributed by atoms with E-state index < -0.39 is 29.0 Å². The highest BCUT2D eigenvalue weighted by Crippen LogP contribution is 2.49. The van der Waals surface area contributed by atoms with Gasteiger partial charge >= 0.3 is 6.18 Å². The molecule has 10 heteroatoms. The van der Waals surface area contributed by atoms with Gasteiger partial charge in [-0.25, -0.2) is 4.39 Å². The first-order valence-corrected chi connectivity index (χ1v) is 11.3. The molecule has 2 aliphatic rings. The first-order valence-electron chi connectivity index (χ1n) is 10.3. The second-order valence-electron chi connectivity index (χ2n) is 8.06. The highest BCUT2D eigenvalue weighted by molar-refractivity contribution is 8.13. The maximum Gasteiger partial charge on any atom is 0.417 e. The van der Waals surface area contributed by atoms with E-state index in [2.05, 4.69) is 10.3 Å². The monoisotopic (exact) mass is 466 g/mol. The van der Waals surface area contributed by atoms with Gasteiger partial charge in [-0.15, -0.1) is 0 Å². The van der Waals surface area contributed by atoms with E-state index in [1.54, 1.807) is 6.07 Å². The summed E-state index contributed by atoms with van der Waals surface area (Å²) in [5, 5.41) is 3.03. The van der Waals surface area contributed by atoms with Crippen LogP contribution in [0.1, 0.15) is 53.7 Å². The van der Waals surface area contributed by atoms with Gasteiger partial charge < -0.3 is 11.1 Å². The van der Waals surface area contributed by atoms with Crippen molar-refractivity contribution in [2.75, 3.05) is 11.1 Å². The number of pyridine rings is 1. The summed E-state index contributed by atoms with van der Waals surface area (Å²) in [6.45, 7) is 0. The highest BCUT2D eigenvalue weighted by Gasteiger charge is 2.45. The SMILES string of the molecule is NC1=N[C@@]2(c3cc(NC(=O)c4ccc(C(F)(F)F)cn4)ccc3F)CCCCC[C@H]2CS1. The lowest BCUT2D eigenvalue weighted by atomic mass is 9.75. The predicted molar refractivity (Wildman–Crippen MR) is 116 cm³/mol. The van der Waals surface area contributed by atoms with Crippen LogP contribution >= 0.6 is 11.8 Å². The topological polar surface area (TPSA) is 80.4 Å². The van der Waals surface area contributed by atoms with Crippen molar-refractivity contribution in [3.8, 4) is 0 Å². The molecule has 2 heterocycles. The van der Waals surface area contributed by atoms with Crippen molar-refractivity contribution >= 4 is 28.5 Å². The number of benzene rings is 1. The summed E-state index contributed by atoms with van der Waals surface area (Å²) in [4.78, 5) is 20.9. The largest absolute Gasteiger partial charge is 0.417 e. The Hall–Kier alpha value is -2.62. The van der Waals surface area contributed by atoms with Gasteiger partial charge in [0.05, 0.1) is 11.1 Å². The van der Waals surface area contributed by atoms with Crippen LogP contribution in [0, 0.1) is 11.7 Å². The van der Waals surface area contributed by atoms with Gasteiger partial charge in [-0.1, -0.05) is 31.0 Å². The number of aromatic nitrogens is 1. The Bertz CT molecular complexity index is 1040. The quantitative estimate of drug-likeness (QED) is 0.600. The van der Waals surface area contributed by atoms with Gasteiger partial charge in [0.25, 0.3) is 5.91 Å². The summed E-state index contributed by atoms with van der Waals surface area (Å²) < 4.78 is 53.2. The fourth-order valence-corrected chi connectivity index (χ4v) is 5.47. The van der Waals surface area contributed by atoms with Crippen LogP contribution in [-0.2, 0) is 11.7 Å². The van der Waals surface area contributed by atoms with Crippen molar-refractivity contribution in [1.82, 2.24) is 4.98 Å². The van der Waals surface area contributed by atoms with Crippen molar-refractivity contribution in [1.29, 1.82) is 0 Å². The summed E-state index contributed by atoms with van der Waals surface area (Å²) >= 11 is 1.47. The molecule has 1 aromatic heterocycles. The predicted octanol–water partition coefficient (Wildman–Crippen LogP) is 5.33. The second-order valence-corrected chi connectivity index (χ2v) is 9.10. The Kier molecular flexibility index (Phi) is 6.15. The molecule has 1 amide bonds. The lowest BCUT2D eigenvalue weighted by Gasteiger charge is -2.40. The Labute approximate surface area is 186 Å². The molecule has 170 valence electrons. The lowest BCUT2D eigenvalue weighted by Crippen LogP contribution is -2.40. The van der Waals surface area contributed by atoms with Crippen LogP contribution < -0.4 is 11.1 Å². The van der Waals surface area contributed by atoms with Gasteiger partial charge in [0.2, 0.25) is 0 Å². The number of nitrogens with two attached hydrogens (primary N) is 1. The number of hydrogen-bond donors (Lipinski definition) is 2. The Morgan fingerprint density at radius 2 is 2.00 bits per heavy atom. The van der Waals surface area contributed by atoms with Crippen LogP contribution in [0.3, 0.4) is 0 Å². The summed E-state index contributed by atoms with van der Waals surface area (Å²) in [7, 11) is 0. The maximum absolute atomic E-state index is 15.0. The number of hydrogen-bond acceptors (Lipinski definition) is 5. The van der Waals surface area contributed by atoms with Crippen LogP contribution in [0.5, 0.6) is 0 Å². The first-order chi connectivity index (χ1) is 15.2. The Morgan fingerprint density at radius 3 is 2.72 bits per heavy atom. The average molecular weight is 467 g/mol. The number of anilines is 1. The number of carbonyl (C=O) groups is 1. The maximum atomic E-state index is 15.0. The summed E-state index contributed by atoms with van der Waals surface area (Å²) in [6, 6.07) is 6.04. The van der Waals surface area contributed by atoms with Crippen molar-refractivity contribution in [3.05, 3.63) is 59.2 Å². The summed E-state index contributed by atoms with van der Waals surface area (Å²) in [5.41, 5.74) is 4.83. The van der Waals surface area contributed by atoms with Crippen molar-refractivity contribution in [3.63, 3.8) is 0 Å². The molecule has 5 nitrogen and oxygen atoms in total. The fraction of sp³-hybridized carbons (Fsp3) is 0.409. The number of aliphatic imine (C=N–C) groups is 1. The molecular formula is C22H22F4N4OS. The molecule has 0 unspecified atom stereocenters. The van der Waals surface area contributed by atoms with Crippen molar-refractivity contribution in [2.24, 2.45) is 16.6 Å². The molecule has 0 saturated heterocycles. The van der Waals surface area contributed by atoms with Crippen LogP contribution in [-0.4, -0.2) is 21.8 Å². The molecule has 0 spiro atoms. The van der Waals surface area contributed by atoms with E-state index in [0.29, 0.717) is 29.0 Å². The van der Waals surface area contributed by atoms with E-state index in [-0.39, 0.29) is 11.6 Å². The minimum atomic E-state index is -4.54. The standard InChI is InChI=1S/C22H22F4N4OS/c23-17-7-6-15(29-19(31)18-8-5-13(11-28-18)22(24,25)26)10-16(17)21-9-3-1-2-4-14(21)12-32-20(27)30-21/h5-8,10-11,14H,1-4,9,12H2,(H2,27,30)(H,29,31)/t14-,21-/m0/s1. The third-order valence-electron chi connectivity index (χ3n) is 6.04. The van der Waals surface area contributed by atoms with Gasteiger partial charge in [-0.2, -0.15) is 13.2 Å². The molecule has 2 aromatic rings. The minimum absolute atomic E-state index is 0.124. The molecule has 1 aliphatic carbocycles. The van der Waals surface area contributed by atoms with Gasteiger partial charge in [-0.3, -0.25) is 14.8 Å². The third-order valence-corrected chi connectivity index (χ3v) is 7.00. The minimum Gasteiger partial charge on any atom is -0.379 e. The van der Waals surface area contributed by atoms with E-state index >= 15 is 4.39 Å². The van der Waals surface area contributed by atoms with Crippen LogP contribution in [0.4, 0.5) is 23.2 Å². The summed E-state index contributed by atoms with van der Waals surface area (Å²) in [5.74, 6) is -0.236. The number of thioether (sulfide) groups is 1. The van der Waals surface area contributed by atoms with Gasteiger partial charge in [0.1, 0.15) is 11.5 Å². The fourth-order valence-electron chi connectivity index (χ4n) is 4.43. The Balaban J connectivity index is 1.64. The van der Waals surface area contributed by atoms with Gasteiger partial charge in [0, 0.05) is 23.2 Å². The zero-order valence-electron chi connectivity index (χ0n) is 17.1. The van der Waals surface area contributed by atoms with E-state index in [1.165, 1.54) is 23.9 Å². The molecule has 2 atom stereocenters. The van der Waals surface area contributed by atoms with E-state index in [9.17, 15) is 18.0 Å².